The summed E-state index contributed by atoms with van der Waals surface area (Å²) >= 11 is 6.35. The van der Waals surface area contributed by atoms with Crippen LogP contribution in [0.2, 0.25) is 0 Å². The molecule has 1 aromatic rings. The molecule has 1 fully saturated rings. The van der Waals surface area contributed by atoms with Crippen LogP contribution in [0.15, 0.2) is 18.5 Å². The first-order valence-corrected chi connectivity index (χ1v) is 6.43. The standard InChI is InChI=1S/C12H18ClN3/c13-10-5-2-1-3-6-11(10)16-9-12-14-7-4-8-15-12/h4,7-8,10-11,16H,1-3,5-6,9H2. The van der Waals surface area contributed by atoms with E-state index in [9.17, 15) is 0 Å². The second-order valence-corrected chi connectivity index (χ2v) is 4.87. The largest absolute Gasteiger partial charge is 0.306 e. The summed E-state index contributed by atoms with van der Waals surface area (Å²) in [5.74, 6) is 0.843. The van der Waals surface area contributed by atoms with Crippen molar-refractivity contribution in [2.75, 3.05) is 0 Å². The molecule has 2 rings (SSSR count). The average Bonchev–Trinajstić information content (AvgIpc) is 2.53. The van der Waals surface area contributed by atoms with Crippen LogP contribution >= 0.6 is 11.6 Å². The van der Waals surface area contributed by atoms with Crippen LogP contribution in [-0.2, 0) is 6.54 Å². The van der Waals surface area contributed by atoms with Crippen LogP contribution in [0.5, 0.6) is 0 Å². The highest BCUT2D eigenvalue weighted by atomic mass is 35.5. The maximum absolute atomic E-state index is 6.35. The van der Waals surface area contributed by atoms with Crippen LogP contribution in [0.4, 0.5) is 0 Å². The van der Waals surface area contributed by atoms with Crippen molar-refractivity contribution in [3.05, 3.63) is 24.3 Å². The lowest BCUT2D eigenvalue weighted by Gasteiger charge is -2.20. The Labute approximate surface area is 102 Å². The number of rotatable bonds is 3. The molecule has 3 nitrogen and oxygen atoms in total. The lowest BCUT2D eigenvalue weighted by molar-refractivity contribution is 0.458. The minimum Gasteiger partial charge on any atom is -0.306 e. The Kier molecular flexibility index (Phi) is 4.55. The normalized spacial score (nSPS) is 26.3. The van der Waals surface area contributed by atoms with Crippen molar-refractivity contribution >= 4 is 11.6 Å². The van der Waals surface area contributed by atoms with Crippen LogP contribution < -0.4 is 5.32 Å². The van der Waals surface area contributed by atoms with E-state index in [1.54, 1.807) is 12.4 Å². The van der Waals surface area contributed by atoms with Gasteiger partial charge in [-0.15, -0.1) is 11.6 Å². The summed E-state index contributed by atoms with van der Waals surface area (Å²) in [4.78, 5) is 8.39. The molecule has 0 amide bonds. The number of nitrogens with zero attached hydrogens (tertiary/aromatic N) is 2. The minimum atomic E-state index is 0.256. The summed E-state index contributed by atoms with van der Waals surface area (Å²) in [5.41, 5.74) is 0. The number of aromatic nitrogens is 2. The molecule has 0 aromatic carbocycles. The predicted molar refractivity (Wildman–Crippen MR) is 65.4 cm³/mol. The Morgan fingerprint density at radius 2 is 1.94 bits per heavy atom. The summed E-state index contributed by atoms with van der Waals surface area (Å²) in [6.07, 6.45) is 9.67. The SMILES string of the molecule is ClC1CCCCCC1NCc1ncccn1. The van der Waals surface area contributed by atoms with Gasteiger partial charge in [-0.3, -0.25) is 0 Å². The van der Waals surface area contributed by atoms with Gasteiger partial charge in [-0.05, 0) is 18.9 Å². The molecule has 2 atom stereocenters. The van der Waals surface area contributed by atoms with Gasteiger partial charge in [-0.1, -0.05) is 19.3 Å². The molecular formula is C12H18ClN3. The highest BCUT2D eigenvalue weighted by molar-refractivity contribution is 6.21. The molecule has 88 valence electrons. The third-order valence-corrected chi connectivity index (χ3v) is 3.60. The molecule has 0 saturated heterocycles. The Hall–Kier alpha value is -0.670. The highest BCUT2D eigenvalue weighted by Crippen LogP contribution is 2.22. The van der Waals surface area contributed by atoms with Crippen molar-refractivity contribution in [3.8, 4) is 0 Å². The molecule has 0 bridgehead atoms. The Morgan fingerprint density at radius 3 is 2.75 bits per heavy atom. The van der Waals surface area contributed by atoms with Gasteiger partial charge < -0.3 is 5.32 Å². The second kappa shape index (κ2) is 6.16. The van der Waals surface area contributed by atoms with Gasteiger partial charge in [-0.25, -0.2) is 9.97 Å². The van der Waals surface area contributed by atoms with Crippen LogP contribution in [0.25, 0.3) is 0 Å². The molecule has 0 radical (unpaired) electrons. The minimum absolute atomic E-state index is 0.256. The summed E-state index contributed by atoms with van der Waals surface area (Å²) in [6.45, 7) is 0.717. The second-order valence-electron chi connectivity index (χ2n) is 4.31. The van der Waals surface area contributed by atoms with Crippen LogP contribution in [-0.4, -0.2) is 21.4 Å². The van der Waals surface area contributed by atoms with Crippen molar-refractivity contribution in [1.82, 2.24) is 15.3 Å². The van der Waals surface area contributed by atoms with E-state index in [2.05, 4.69) is 15.3 Å². The lowest BCUT2D eigenvalue weighted by Crippen LogP contribution is -2.36. The summed E-state index contributed by atoms with van der Waals surface area (Å²) in [5, 5.41) is 3.73. The first-order chi connectivity index (χ1) is 7.86. The van der Waals surface area contributed by atoms with Crippen LogP contribution in [0, 0.1) is 0 Å². The van der Waals surface area contributed by atoms with Gasteiger partial charge in [0.15, 0.2) is 0 Å². The molecule has 1 saturated carbocycles. The van der Waals surface area contributed by atoms with Crippen LogP contribution in [0.3, 0.4) is 0 Å². The van der Waals surface area contributed by atoms with Gasteiger partial charge >= 0.3 is 0 Å². The monoisotopic (exact) mass is 239 g/mol. The molecule has 1 heterocycles. The van der Waals surface area contributed by atoms with Crippen molar-refractivity contribution in [1.29, 1.82) is 0 Å². The quantitative estimate of drug-likeness (QED) is 0.651. The zero-order valence-corrected chi connectivity index (χ0v) is 10.2. The molecule has 1 aromatic heterocycles. The molecule has 2 unspecified atom stereocenters. The molecular weight excluding hydrogens is 222 g/mol. The average molecular weight is 240 g/mol. The molecule has 0 spiro atoms. The van der Waals surface area contributed by atoms with Gasteiger partial charge in [0, 0.05) is 23.8 Å². The van der Waals surface area contributed by atoms with E-state index < -0.39 is 0 Å². The number of hydrogen-bond acceptors (Lipinski definition) is 3. The van der Waals surface area contributed by atoms with Crippen molar-refractivity contribution in [2.45, 2.75) is 50.1 Å². The fourth-order valence-electron chi connectivity index (χ4n) is 2.14. The number of alkyl halides is 1. The third-order valence-electron chi connectivity index (χ3n) is 3.07. The molecule has 1 N–H and O–H groups in total. The lowest BCUT2D eigenvalue weighted by atomic mass is 10.1. The number of halogens is 1. The summed E-state index contributed by atoms with van der Waals surface area (Å²) in [7, 11) is 0. The Bertz CT molecular complexity index is 304. The maximum Gasteiger partial charge on any atom is 0.141 e. The van der Waals surface area contributed by atoms with E-state index in [1.807, 2.05) is 6.07 Å². The Morgan fingerprint density at radius 1 is 1.19 bits per heavy atom. The van der Waals surface area contributed by atoms with Crippen molar-refractivity contribution < 1.29 is 0 Å². The van der Waals surface area contributed by atoms with E-state index >= 15 is 0 Å². The van der Waals surface area contributed by atoms with E-state index in [-0.39, 0.29) is 5.38 Å². The topological polar surface area (TPSA) is 37.8 Å². The van der Waals surface area contributed by atoms with E-state index in [4.69, 9.17) is 11.6 Å². The van der Waals surface area contributed by atoms with E-state index in [1.165, 1.54) is 25.7 Å². The number of nitrogens with one attached hydrogen (secondary N) is 1. The third kappa shape index (κ3) is 3.42. The molecule has 4 heteroatoms. The Balaban J connectivity index is 1.84. The summed E-state index contributed by atoms with van der Waals surface area (Å²) in [6, 6.07) is 2.24. The van der Waals surface area contributed by atoms with Crippen LogP contribution in [0.1, 0.15) is 37.9 Å². The molecule has 0 aliphatic heterocycles. The zero-order valence-electron chi connectivity index (χ0n) is 9.40. The van der Waals surface area contributed by atoms with E-state index in [0.717, 1.165) is 12.2 Å². The fourth-order valence-corrected chi connectivity index (χ4v) is 2.51. The van der Waals surface area contributed by atoms with Gasteiger partial charge in [-0.2, -0.15) is 0 Å². The fraction of sp³-hybridized carbons (Fsp3) is 0.667. The molecule has 16 heavy (non-hydrogen) atoms. The van der Waals surface area contributed by atoms with E-state index in [0.29, 0.717) is 12.6 Å². The summed E-state index contributed by atoms with van der Waals surface area (Å²) < 4.78 is 0. The molecule has 1 aliphatic carbocycles. The van der Waals surface area contributed by atoms with Gasteiger partial charge in [0.25, 0.3) is 0 Å². The van der Waals surface area contributed by atoms with Gasteiger partial charge in [0.05, 0.1) is 6.54 Å². The first kappa shape index (κ1) is 11.8. The predicted octanol–water partition coefficient (Wildman–Crippen LogP) is 2.51. The van der Waals surface area contributed by atoms with Gasteiger partial charge in [0.2, 0.25) is 0 Å². The zero-order chi connectivity index (χ0) is 11.2. The molecule has 1 aliphatic rings. The van der Waals surface area contributed by atoms with Crippen molar-refractivity contribution in [3.63, 3.8) is 0 Å². The van der Waals surface area contributed by atoms with Gasteiger partial charge in [0.1, 0.15) is 5.82 Å². The first-order valence-electron chi connectivity index (χ1n) is 5.99. The number of hydrogen-bond donors (Lipinski definition) is 1. The maximum atomic E-state index is 6.35. The van der Waals surface area contributed by atoms with Crippen molar-refractivity contribution in [2.24, 2.45) is 0 Å². The smallest absolute Gasteiger partial charge is 0.141 e. The highest BCUT2D eigenvalue weighted by Gasteiger charge is 2.21.